The van der Waals surface area contributed by atoms with Crippen molar-refractivity contribution in [1.29, 1.82) is 0 Å². The van der Waals surface area contributed by atoms with Gasteiger partial charge in [-0.2, -0.15) is 13.2 Å². The quantitative estimate of drug-likeness (QED) is 0.288. The number of rotatable bonds is 8. The molecule has 0 aliphatic heterocycles. The van der Waals surface area contributed by atoms with Crippen molar-refractivity contribution in [2.24, 2.45) is 0 Å². The van der Waals surface area contributed by atoms with Crippen molar-refractivity contribution in [3.63, 3.8) is 0 Å². The molecule has 0 aliphatic rings. The number of carbonyl (C=O) groups is 1. The number of nitrogens with zero attached hydrogens (tertiary/aromatic N) is 1. The third-order valence-electron chi connectivity index (χ3n) is 2.70. The van der Waals surface area contributed by atoms with E-state index in [0.717, 1.165) is 0 Å². The highest BCUT2D eigenvalue weighted by atomic mass is 31.2. The zero-order chi connectivity index (χ0) is 19.3. The molecule has 0 bridgehead atoms. The van der Waals surface area contributed by atoms with Gasteiger partial charge in [-0.15, -0.1) is 0 Å². The van der Waals surface area contributed by atoms with Crippen LogP contribution in [0.4, 0.5) is 18.9 Å². The van der Waals surface area contributed by atoms with Crippen LogP contribution in [0, 0.1) is 10.1 Å². The molecule has 0 amide bonds. The summed E-state index contributed by atoms with van der Waals surface area (Å²) >= 11 is 0. The van der Waals surface area contributed by atoms with Crippen LogP contribution in [0.1, 0.15) is 29.8 Å². The molecule has 0 N–H and O–H groups in total. The van der Waals surface area contributed by atoms with Gasteiger partial charge >= 0.3 is 19.7 Å². The fourth-order valence-electron chi connectivity index (χ4n) is 1.72. The van der Waals surface area contributed by atoms with Gasteiger partial charge in [-0.05, 0) is 19.9 Å². The van der Waals surface area contributed by atoms with Gasteiger partial charge in [0.1, 0.15) is 0 Å². The largest absolute Gasteiger partial charge is 0.449 e. The lowest BCUT2D eigenvalue weighted by Crippen LogP contribution is -2.12. The number of halogens is 3. The summed E-state index contributed by atoms with van der Waals surface area (Å²) in [7, 11) is -3.77. The number of alkyl halides is 3. The molecule has 0 saturated carbocycles. The van der Waals surface area contributed by atoms with Gasteiger partial charge < -0.3 is 13.8 Å². The number of esters is 1. The summed E-state index contributed by atoms with van der Waals surface area (Å²) in [4.78, 5) is 21.6. The van der Waals surface area contributed by atoms with E-state index in [1.807, 2.05) is 0 Å². The fraction of sp³-hybridized carbons (Fsp3) is 0.462. The van der Waals surface area contributed by atoms with Crippen LogP contribution in [-0.4, -0.2) is 30.5 Å². The zero-order valence-corrected chi connectivity index (χ0v) is 14.1. The van der Waals surface area contributed by atoms with E-state index in [4.69, 9.17) is 9.05 Å². The van der Waals surface area contributed by atoms with Crippen molar-refractivity contribution >= 4 is 19.3 Å². The Morgan fingerprint density at radius 2 is 1.76 bits per heavy atom. The zero-order valence-electron chi connectivity index (χ0n) is 13.2. The van der Waals surface area contributed by atoms with Gasteiger partial charge in [0.15, 0.2) is 6.35 Å². The number of benzene rings is 1. The Balaban J connectivity index is 3.06. The molecule has 0 saturated heterocycles. The lowest BCUT2D eigenvalue weighted by atomic mass is 10.1. The highest BCUT2D eigenvalue weighted by molar-refractivity contribution is 7.53. The second-order valence-corrected chi connectivity index (χ2v) is 6.53. The smallest absolute Gasteiger partial charge is 0.416 e. The van der Waals surface area contributed by atoms with Gasteiger partial charge in [-0.25, -0.2) is 4.79 Å². The number of nitro groups is 1. The molecule has 0 fully saturated rings. The molecule has 0 radical (unpaired) electrons. The Bertz CT molecular complexity index is 683. The summed E-state index contributed by atoms with van der Waals surface area (Å²) in [5, 5.41) is 10.7. The second-order valence-electron chi connectivity index (χ2n) is 4.53. The molecule has 0 aliphatic carbocycles. The van der Waals surface area contributed by atoms with E-state index >= 15 is 0 Å². The Hall–Kier alpha value is -1.97. The van der Waals surface area contributed by atoms with Crippen molar-refractivity contribution < 1.29 is 41.2 Å². The molecule has 1 aromatic carbocycles. The number of nitro benzene ring substituents is 1. The summed E-state index contributed by atoms with van der Waals surface area (Å²) in [5.74, 6) is -1.33. The molecule has 140 valence electrons. The molecule has 0 aromatic heterocycles. The molecular formula is C13H15F3NO7P. The van der Waals surface area contributed by atoms with Crippen LogP contribution in [0.25, 0.3) is 0 Å². The fourth-order valence-corrected chi connectivity index (χ4v) is 3.01. The van der Waals surface area contributed by atoms with Crippen molar-refractivity contribution in [3.05, 3.63) is 39.4 Å². The first-order valence-electron chi connectivity index (χ1n) is 6.94. The van der Waals surface area contributed by atoms with Crippen LogP contribution in [0.3, 0.4) is 0 Å². The minimum atomic E-state index is -4.90. The third-order valence-corrected chi connectivity index (χ3v) is 4.45. The lowest BCUT2D eigenvalue weighted by Gasteiger charge is -2.16. The Morgan fingerprint density at radius 3 is 2.20 bits per heavy atom. The summed E-state index contributed by atoms with van der Waals surface area (Å²) in [6.45, 7) is 3.01. The highest BCUT2D eigenvalue weighted by Gasteiger charge is 2.34. The first-order valence-corrected chi connectivity index (χ1v) is 8.67. The van der Waals surface area contributed by atoms with E-state index in [9.17, 15) is 32.6 Å². The van der Waals surface area contributed by atoms with Gasteiger partial charge in [0.25, 0.3) is 5.69 Å². The SMILES string of the molecule is CCOP(=O)(COC(=O)c1cc([N+](=O)[O-])cc(C(F)(F)F)c1)OCC. The van der Waals surface area contributed by atoms with Crippen molar-refractivity contribution in [3.8, 4) is 0 Å². The maximum absolute atomic E-state index is 12.8. The maximum Gasteiger partial charge on any atom is 0.416 e. The molecule has 0 heterocycles. The Morgan fingerprint density at radius 1 is 1.20 bits per heavy atom. The van der Waals surface area contributed by atoms with E-state index in [1.165, 1.54) is 13.8 Å². The van der Waals surface area contributed by atoms with E-state index in [2.05, 4.69) is 4.74 Å². The van der Waals surface area contributed by atoms with Crippen LogP contribution in [-0.2, 0) is 24.5 Å². The number of carbonyl (C=O) groups excluding carboxylic acids is 1. The van der Waals surface area contributed by atoms with Crippen LogP contribution < -0.4 is 0 Å². The lowest BCUT2D eigenvalue weighted by molar-refractivity contribution is -0.385. The molecule has 25 heavy (non-hydrogen) atoms. The predicted molar refractivity (Wildman–Crippen MR) is 79.2 cm³/mol. The standard InChI is InChI=1S/C13H15F3NO7P/c1-3-23-25(21,24-4-2)8-22-12(18)9-5-10(13(14,15)16)7-11(6-9)17(19)20/h5-7H,3-4,8H2,1-2H3. The molecule has 8 nitrogen and oxygen atoms in total. The van der Waals surface area contributed by atoms with Gasteiger partial charge in [0.05, 0.1) is 29.3 Å². The number of non-ortho nitro benzene ring substituents is 1. The predicted octanol–water partition coefficient (Wildman–Crippen LogP) is 3.99. The van der Waals surface area contributed by atoms with Crippen LogP contribution in [0.2, 0.25) is 0 Å². The number of hydrogen-bond donors (Lipinski definition) is 0. The van der Waals surface area contributed by atoms with Crippen LogP contribution in [0.15, 0.2) is 18.2 Å². The van der Waals surface area contributed by atoms with Gasteiger partial charge in [-0.1, -0.05) is 0 Å². The summed E-state index contributed by atoms with van der Waals surface area (Å²) < 4.78 is 64.9. The minimum Gasteiger partial charge on any atom is -0.449 e. The molecule has 0 unspecified atom stereocenters. The first kappa shape index (κ1) is 21.1. The Kier molecular flexibility index (Phi) is 7.09. The highest BCUT2D eigenvalue weighted by Crippen LogP contribution is 2.48. The molecular weight excluding hydrogens is 370 g/mol. The molecule has 1 rings (SSSR count). The first-order chi connectivity index (χ1) is 11.5. The van der Waals surface area contributed by atoms with E-state index < -0.39 is 47.8 Å². The van der Waals surface area contributed by atoms with Crippen LogP contribution >= 0.6 is 7.60 Å². The van der Waals surface area contributed by atoms with Crippen molar-refractivity contribution in [1.82, 2.24) is 0 Å². The second kappa shape index (κ2) is 8.41. The van der Waals surface area contributed by atoms with Gasteiger partial charge in [0, 0.05) is 12.1 Å². The third kappa shape index (κ3) is 6.11. The van der Waals surface area contributed by atoms with E-state index in [1.54, 1.807) is 0 Å². The molecule has 12 heteroatoms. The van der Waals surface area contributed by atoms with E-state index in [-0.39, 0.29) is 13.2 Å². The molecule has 0 atom stereocenters. The minimum absolute atomic E-state index is 0.0101. The van der Waals surface area contributed by atoms with Gasteiger partial charge in [0.2, 0.25) is 0 Å². The molecule has 0 spiro atoms. The normalized spacial score (nSPS) is 12.0. The summed E-state index contributed by atoms with van der Waals surface area (Å²) in [5.41, 5.74) is -3.02. The molecule has 1 aromatic rings. The number of ether oxygens (including phenoxy) is 1. The van der Waals surface area contributed by atoms with Crippen molar-refractivity contribution in [2.75, 3.05) is 19.6 Å². The average Bonchev–Trinajstić information content (AvgIpc) is 2.52. The van der Waals surface area contributed by atoms with E-state index in [0.29, 0.717) is 18.2 Å². The van der Waals surface area contributed by atoms with Crippen molar-refractivity contribution in [2.45, 2.75) is 20.0 Å². The average molecular weight is 385 g/mol. The monoisotopic (exact) mass is 385 g/mol. The summed E-state index contributed by atoms with van der Waals surface area (Å²) in [6, 6.07) is 1.33. The maximum atomic E-state index is 12.8. The number of hydrogen-bond acceptors (Lipinski definition) is 7. The van der Waals surface area contributed by atoms with Crippen LogP contribution in [0.5, 0.6) is 0 Å². The Labute approximate surface area is 140 Å². The van der Waals surface area contributed by atoms with Gasteiger partial charge in [-0.3, -0.25) is 14.7 Å². The summed E-state index contributed by atoms with van der Waals surface area (Å²) in [6.07, 6.45) is -5.73. The topological polar surface area (TPSA) is 105 Å².